The number of rotatable bonds is 2. The third kappa shape index (κ3) is 2.43. The fourth-order valence-electron chi connectivity index (χ4n) is 2.23. The van der Waals surface area contributed by atoms with E-state index < -0.39 is 0 Å². The Labute approximate surface area is 110 Å². The van der Waals surface area contributed by atoms with Gasteiger partial charge in [0.2, 0.25) is 0 Å². The van der Waals surface area contributed by atoms with Crippen LogP contribution < -0.4 is 0 Å². The lowest BCUT2D eigenvalue weighted by molar-refractivity contribution is 0.508. The van der Waals surface area contributed by atoms with Gasteiger partial charge >= 0.3 is 0 Å². The fraction of sp³-hybridized carbons (Fsp3) is 0.500. The summed E-state index contributed by atoms with van der Waals surface area (Å²) in [5.74, 6) is 4.19. The summed E-state index contributed by atoms with van der Waals surface area (Å²) in [5.41, 5.74) is 0.843. The van der Waals surface area contributed by atoms with E-state index in [1.165, 1.54) is 24.3 Å². The van der Waals surface area contributed by atoms with Crippen molar-refractivity contribution in [3.05, 3.63) is 29.2 Å². The Morgan fingerprint density at radius 3 is 3.18 bits per heavy atom. The largest absolute Gasteiger partial charge is 0.212 e. The highest BCUT2D eigenvalue weighted by molar-refractivity contribution is 7.99. The number of fused-ring (bicyclic) bond motifs is 1. The molecule has 1 fully saturated rings. The van der Waals surface area contributed by atoms with Crippen molar-refractivity contribution in [3.63, 3.8) is 0 Å². The van der Waals surface area contributed by atoms with E-state index in [4.69, 9.17) is 11.6 Å². The molecule has 0 aliphatic carbocycles. The summed E-state index contributed by atoms with van der Waals surface area (Å²) in [6, 6.07) is 5.69. The molecule has 5 heteroatoms. The van der Waals surface area contributed by atoms with Gasteiger partial charge in [-0.2, -0.15) is 11.8 Å². The van der Waals surface area contributed by atoms with Crippen molar-refractivity contribution in [2.24, 2.45) is 5.92 Å². The van der Waals surface area contributed by atoms with E-state index in [-0.39, 0.29) is 0 Å². The molecule has 0 aromatic carbocycles. The van der Waals surface area contributed by atoms with Crippen molar-refractivity contribution in [3.8, 4) is 0 Å². The van der Waals surface area contributed by atoms with Gasteiger partial charge in [0.05, 0.1) is 0 Å². The highest BCUT2D eigenvalue weighted by atomic mass is 35.5. The van der Waals surface area contributed by atoms with Gasteiger partial charge in [-0.1, -0.05) is 17.7 Å². The van der Waals surface area contributed by atoms with E-state index in [9.17, 15) is 0 Å². The Morgan fingerprint density at radius 1 is 1.47 bits per heavy atom. The standard InChI is InChI=1S/C12H14ClN3S/c13-10-4-1-5-12-14-11(15-16(10)12)7-9-3-2-6-17-8-9/h1,4-5,9H,2-3,6-8H2. The van der Waals surface area contributed by atoms with Crippen LogP contribution in [0, 0.1) is 5.92 Å². The van der Waals surface area contributed by atoms with Crippen LogP contribution in [0.2, 0.25) is 5.15 Å². The summed E-state index contributed by atoms with van der Waals surface area (Å²) in [4.78, 5) is 4.53. The Bertz CT molecular complexity index is 519. The first-order chi connectivity index (χ1) is 8.33. The maximum atomic E-state index is 6.07. The van der Waals surface area contributed by atoms with Crippen molar-refractivity contribution in [1.29, 1.82) is 0 Å². The van der Waals surface area contributed by atoms with Gasteiger partial charge < -0.3 is 0 Å². The minimum Gasteiger partial charge on any atom is -0.212 e. The Balaban J connectivity index is 1.83. The number of pyridine rings is 1. The number of aromatic nitrogens is 3. The highest BCUT2D eigenvalue weighted by Crippen LogP contribution is 2.25. The molecule has 3 nitrogen and oxygen atoms in total. The van der Waals surface area contributed by atoms with Gasteiger partial charge in [-0.3, -0.25) is 0 Å². The summed E-state index contributed by atoms with van der Waals surface area (Å²) in [7, 11) is 0. The lowest BCUT2D eigenvalue weighted by Gasteiger charge is -2.19. The zero-order valence-electron chi connectivity index (χ0n) is 9.47. The second kappa shape index (κ2) is 4.86. The predicted octanol–water partition coefficient (Wildman–Crippen LogP) is 3.07. The molecule has 1 aliphatic rings. The molecule has 0 bridgehead atoms. The summed E-state index contributed by atoms with van der Waals surface area (Å²) >= 11 is 8.11. The molecule has 1 aliphatic heterocycles. The maximum absolute atomic E-state index is 6.07. The van der Waals surface area contributed by atoms with Crippen LogP contribution in [0.5, 0.6) is 0 Å². The minimum absolute atomic E-state index is 0.624. The normalized spacial score (nSPS) is 20.9. The summed E-state index contributed by atoms with van der Waals surface area (Å²) < 4.78 is 1.72. The third-order valence-electron chi connectivity index (χ3n) is 3.08. The highest BCUT2D eigenvalue weighted by Gasteiger charge is 2.17. The van der Waals surface area contributed by atoms with Gasteiger partial charge in [-0.05, 0) is 42.4 Å². The van der Waals surface area contributed by atoms with Crippen LogP contribution in [0.1, 0.15) is 18.7 Å². The summed E-state index contributed by atoms with van der Waals surface area (Å²) in [6.45, 7) is 0. The first-order valence-corrected chi connectivity index (χ1v) is 7.44. The molecule has 1 unspecified atom stereocenters. The molecule has 0 amide bonds. The molecule has 90 valence electrons. The van der Waals surface area contributed by atoms with Gasteiger partial charge in [-0.25, -0.2) is 9.50 Å². The van der Waals surface area contributed by atoms with Crippen LogP contribution in [0.3, 0.4) is 0 Å². The maximum Gasteiger partial charge on any atom is 0.157 e. The van der Waals surface area contributed by atoms with Crippen molar-refractivity contribution < 1.29 is 0 Å². The molecule has 1 atom stereocenters. The average molecular weight is 268 g/mol. The summed E-state index contributed by atoms with van der Waals surface area (Å²) in [5, 5.41) is 5.10. The van der Waals surface area contributed by atoms with E-state index in [1.54, 1.807) is 4.52 Å². The Morgan fingerprint density at radius 2 is 2.41 bits per heavy atom. The van der Waals surface area contributed by atoms with Gasteiger partial charge in [0.1, 0.15) is 5.15 Å². The van der Waals surface area contributed by atoms with Crippen molar-refractivity contribution >= 4 is 29.0 Å². The Kier molecular flexibility index (Phi) is 3.25. The topological polar surface area (TPSA) is 30.2 Å². The molecule has 0 saturated carbocycles. The molecular weight excluding hydrogens is 254 g/mol. The van der Waals surface area contributed by atoms with E-state index in [2.05, 4.69) is 10.1 Å². The number of hydrogen-bond donors (Lipinski definition) is 0. The number of nitrogens with zero attached hydrogens (tertiary/aromatic N) is 3. The van der Waals surface area contributed by atoms with Crippen molar-refractivity contribution in [2.75, 3.05) is 11.5 Å². The van der Waals surface area contributed by atoms with Crippen molar-refractivity contribution in [1.82, 2.24) is 14.6 Å². The summed E-state index contributed by atoms with van der Waals surface area (Å²) in [6.07, 6.45) is 3.60. The number of thioether (sulfide) groups is 1. The molecule has 3 rings (SSSR count). The fourth-order valence-corrected chi connectivity index (χ4v) is 3.58. The van der Waals surface area contributed by atoms with E-state index in [1.807, 2.05) is 30.0 Å². The zero-order valence-corrected chi connectivity index (χ0v) is 11.0. The van der Waals surface area contributed by atoms with Crippen LogP contribution in [0.25, 0.3) is 5.65 Å². The average Bonchev–Trinajstić information content (AvgIpc) is 2.74. The molecule has 0 N–H and O–H groups in total. The van der Waals surface area contributed by atoms with Crippen LogP contribution in [-0.2, 0) is 6.42 Å². The molecular formula is C12H14ClN3S. The lowest BCUT2D eigenvalue weighted by atomic mass is 10.0. The predicted molar refractivity (Wildman–Crippen MR) is 71.8 cm³/mol. The second-order valence-corrected chi connectivity index (χ2v) is 5.97. The molecule has 17 heavy (non-hydrogen) atoms. The smallest absolute Gasteiger partial charge is 0.157 e. The van der Waals surface area contributed by atoms with Gasteiger partial charge in [-0.15, -0.1) is 5.10 Å². The van der Waals surface area contributed by atoms with Crippen molar-refractivity contribution in [2.45, 2.75) is 19.3 Å². The molecule has 1 saturated heterocycles. The molecule has 3 heterocycles. The third-order valence-corrected chi connectivity index (χ3v) is 4.65. The number of hydrogen-bond acceptors (Lipinski definition) is 3. The van der Waals surface area contributed by atoms with Gasteiger partial charge in [0, 0.05) is 6.42 Å². The van der Waals surface area contributed by atoms with E-state index in [0.29, 0.717) is 5.15 Å². The van der Waals surface area contributed by atoms with Crippen LogP contribution in [0.15, 0.2) is 18.2 Å². The SMILES string of the molecule is Clc1cccc2nc(CC3CCCSC3)nn12. The Hall–Kier alpha value is -0.740. The van der Waals surface area contributed by atoms with Crippen LogP contribution >= 0.6 is 23.4 Å². The molecule has 0 spiro atoms. The van der Waals surface area contributed by atoms with Gasteiger partial charge in [0.25, 0.3) is 0 Å². The minimum atomic E-state index is 0.624. The van der Waals surface area contributed by atoms with Crippen LogP contribution in [0.4, 0.5) is 0 Å². The first kappa shape index (κ1) is 11.4. The number of halogens is 1. The second-order valence-electron chi connectivity index (χ2n) is 4.43. The van der Waals surface area contributed by atoms with E-state index >= 15 is 0 Å². The van der Waals surface area contributed by atoms with E-state index in [0.717, 1.165) is 23.8 Å². The quantitative estimate of drug-likeness (QED) is 0.784. The van der Waals surface area contributed by atoms with Crippen LogP contribution in [-0.4, -0.2) is 26.1 Å². The monoisotopic (exact) mass is 267 g/mol. The molecule has 2 aromatic heterocycles. The lowest BCUT2D eigenvalue weighted by Crippen LogP contribution is -2.14. The first-order valence-electron chi connectivity index (χ1n) is 5.91. The molecule has 0 radical (unpaired) electrons. The molecule has 2 aromatic rings. The van der Waals surface area contributed by atoms with Gasteiger partial charge in [0.15, 0.2) is 11.5 Å². The zero-order chi connectivity index (χ0) is 11.7.